The van der Waals surface area contributed by atoms with E-state index < -0.39 is 5.91 Å². The molecule has 0 spiro atoms. The third-order valence-electron chi connectivity index (χ3n) is 5.52. The summed E-state index contributed by atoms with van der Waals surface area (Å²) in [6.45, 7) is 2.60. The van der Waals surface area contributed by atoms with Gasteiger partial charge in [-0.1, -0.05) is 24.3 Å². The van der Waals surface area contributed by atoms with Crippen LogP contribution in [0.15, 0.2) is 52.7 Å². The molecular formula is C23H26N4O4. The van der Waals surface area contributed by atoms with E-state index >= 15 is 0 Å². The first-order valence-electron chi connectivity index (χ1n) is 10.3. The Morgan fingerprint density at radius 2 is 1.81 bits per heavy atom. The van der Waals surface area contributed by atoms with E-state index in [4.69, 9.17) is 9.47 Å². The molecule has 2 aromatic carbocycles. The molecule has 0 radical (unpaired) electrons. The fourth-order valence-electron chi connectivity index (χ4n) is 3.94. The summed E-state index contributed by atoms with van der Waals surface area (Å²) in [5, 5.41) is 19.6. The number of hydrogen-bond donors (Lipinski definition) is 1. The largest absolute Gasteiger partial charge is 0.493 e. The molecule has 8 nitrogen and oxygen atoms in total. The number of carbonyl (C=O) groups excluding carboxylic acids is 1. The van der Waals surface area contributed by atoms with E-state index in [0.717, 1.165) is 42.4 Å². The highest BCUT2D eigenvalue weighted by molar-refractivity contribution is 5.95. The molecule has 31 heavy (non-hydrogen) atoms. The lowest BCUT2D eigenvalue weighted by Crippen LogP contribution is -2.22. The van der Waals surface area contributed by atoms with Gasteiger partial charge in [0.05, 0.1) is 32.8 Å². The number of azo groups is 1. The summed E-state index contributed by atoms with van der Waals surface area (Å²) >= 11 is 0. The zero-order valence-electron chi connectivity index (χ0n) is 17.7. The minimum absolute atomic E-state index is 0.0239. The van der Waals surface area contributed by atoms with Crippen LogP contribution >= 0.6 is 0 Å². The van der Waals surface area contributed by atoms with Crippen LogP contribution in [0.5, 0.6) is 17.4 Å². The molecule has 4 rings (SSSR count). The van der Waals surface area contributed by atoms with Crippen LogP contribution in [0, 0.1) is 0 Å². The zero-order chi connectivity index (χ0) is 21.8. The Labute approximate surface area is 180 Å². The second-order valence-electron chi connectivity index (χ2n) is 7.54. The Kier molecular flexibility index (Phi) is 6.18. The number of para-hydroxylation sites is 1. The van der Waals surface area contributed by atoms with Crippen LogP contribution < -0.4 is 9.47 Å². The summed E-state index contributed by atoms with van der Waals surface area (Å²) in [6.07, 6.45) is 2.39. The fourth-order valence-corrected chi connectivity index (χ4v) is 3.94. The van der Waals surface area contributed by atoms with Crippen LogP contribution in [0.25, 0.3) is 10.9 Å². The molecular weight excluding hydrogens is 396 g/mol. The van der Waals surface area contributed by atoms with Crippen molar-refractivity contribution in [2.45, 2.75) is 25.9 Å². The fraction of sp³-hybridized carbons (Fsp3) is 0.348. The predicted octanol–water partition coefficient (Wildman–Crippen LogP) is 4.27. The number of hydrogen-bond acceptors (Lipinski definition) is 6. The highest BCUT2D eigenvalue weighted by atomic mass is 16.5. The zero-order valence-corrected chi connectivity index (χ0v) is 17.7. The molecule has 0 atom stereocenters. The van der Waals surface area contributed by atoms with E-state index in [1.807, 2.05) is 28.8 Å². The highest BCUT2D eigenvalue weighted by Gasteiger charge is 2.20. The van der Waals surface area contributed by atoms with Crippen molar-refractivity contribution in [2.24, 2.45) is 10.2 Å². The minimum atomic E-state index is -0.414. The molecule has 8 heteroatoms. The molecule has 1 fully saturated rings. The molecule has 1 aliphatic heterocycles. The topological polar surface area (TPSA) is 88.7 Å². The second kappa shape index (κ2) is 9.18. The molecule has 162 valence electrons. The van der Waals surface area contributed by atoms with Crippen molar-refractivity contribution >= 4 is 22.5 Å². The lowest BCUT2D eigenvalue weighted by atomic mass is 10.1. The van der Waals surface area contributed by atoms with Gasteiger partial charge < -0.3 is 14.6 Å². The smallest absolute Gasteiger partial charge is 0.269 e. The summed E-state index contributed by atoms with van der Waals surface area (Å²) in [6, 6.07) is 12.9. The Balaban J connectivity index is 1.56. The first-order chi connectivity index (χ1) is 15.1. The Hall–Kier alpha value is -3.39. The Bertz CT molecular complexity index is 1120. The van der Waals surface area contributed by atoms with E-state index in [1.54, 1.807) is 32.4 Å². The van der Waals surface area contributed by atoms with Gasteiger partial charge in [-0.3, -0.25) is 14.3 Å². The molecule has 1 saturated heterocycles. The summed E-state index contributed by atoms with van der Waals surface area (Å²) in [4.78, 5) is 14.7. The van der Waals surface area contributed by atoms with Crippen LogP contribution in [0.2, 0.25) is 0 Å². The lowest BCUT2D eigenvalue weighted by molar-refractivity contribution is -0.117. The standard InChI is InChI=1S/C23H26N4O4/c1-30-19-10-9-16(13-20(19)31-2)14-21(28)24-25-22-17-7-3-4-8-18(17)27(23(22)29)15-26-11-5-6-12-26/h3-4,7-10,13,29H,5-6,11-12,14-15H2,1-2H3. The molecule has 0 unspecified atom stereocenters. The van der Waals surface area contributed by atoms with Crippen molar-refractivity contribution in [2.75, 3.05) is 27.3 Å². The van der Waals surface area contributed by atoms with E-state index in [9.17, 15) is 9.90 Å². The molecule has 3 aromatic rings. The number of methoxy groups -OCH3 is 2. The monoisotopic (exact) mass is 422 g/mol. The summed E-state index contributed by atoms with van der Waals surface area (Å²) < 4.78 is 12.3. The number of benzene rings is 2. The molecule has 1 amide bonds. The molecule has 1 aromatic heterocycles. The van der Waals surface area contributed by atoms with E-state index in [1.165, 1.54) is 0 Å². The van der Waals surface area contributed by atoms with Gasteiger partial charge in [-0.05, 0) is 49.7 Å². The van der Waals surface area contributed by atoms with E-state index in [0.29, 0.717) is 23.9 Å². The Morgan fingerprint density at radius 3 is 2.55 bits per heavy atom. The van der Waals surface area contributed by atoms with Crippen LogP contribution in [-0.4, -0.2) is 47.8 Å². The van der Waals surface area contributed by atoms with Crippen molar-refractivity contribution in [3.05, 3.63) is 48.0 Å². The van der Waals surface area contributed by atoms with Gasteiger partial charge in [-0.2, -0.15) is 0 Å². The van der Waals surface area contributed by atoms with Crippen molar-refractivity contribution < 1.29 is 19.4 Å². The average molecular weight is 422 g/mol. The van der Waals surface area contributed by atoms with Gasteiger partial charge in [0, 0.05) is 5.39 Å². The number of fused-ring (bicyclic) bond motifs is 1. The van der Waals surface area contributed by atoms with Gasteiger partial charge in [-0.15, -0.1) is 10.2 Å². The van der Waals surface area contributed by atoms with E-state index in [2.05, 4.69) is 15.1 Å². The number of ether oxygens (including phenoxy) is 2. The number of nitrogens with zero attached hydrogens (tertiary/aromatic N) is 4. The van der Waals surface area contributed by atoms with Gasteiger partial charge in [0.1, 0.15) is 0 Å². The first-order valence-corrected chi connectivity index (χ1v) is 10.3. The van der Waals surface area contributed by atoms with Gasteiger partial charge in [0.15, 0.2) is 17.2 Å². The van der Waals surface area contributed by atoms with Crippen molar-refractivity contribution in [1.29, 1.82) is 0 Å². The van der Waals surface area contributed by atoms with Crippen LogP contribution in [0.1, 0.15) is 18.4 Å². The first kappa shape index (κ1) is 20.9. The number of aromatic hydroxyl groups is 1. The maximum Gasteiger partial charge on any atom is 0.269 e. The molecule has 1 aliphatic rings. The summed E-state index contributed by atoms with van der Waals surface area (Å²) in [5.74, 6) is 0.752. The van der Waals surface area contributed by atoms with Crippen molar-refractivity contribution in [3.8, 4) is 17.4 Å². The lowest BCUT2D eigenvalue weighted by Gasteiger charge is -2.17. The summed E-state index contributed by atoms with van der Waals surface area (Å²) in [5.41, 5.74) is 1.92. The minimum Gasteiger partial charge on any atom is -0.493 e. The van der Waals surface area contributed by atoms with Crippen LogP contribution in [0.4, 0.5) is 5.69 Å². The molecule has 2 heterocycles. The van der Waals surface area contributed by atoms with E-state index in [-0.39, 0.29) is 12.3 Å². The number of rotatable bonds is 7. The predicted molar refractivity (Wildman–Crippen MR) is 117 cm³/mol. The molecule has 0 saturated carbocycles. The quantitative estimate of drug-likeness (QED) is 0.575. The molecule has 0 bridgehead atoms. The third-order valence-corrected chi connectivity index (χ3v) is 5.52. The van der Waals surface area contributed by atoms with Gasteiger partial charge in [-0.25, -0.2) is 0 Å². The maximum absolute atomic E-state index is 12.4. The average Bonchev–Trinajstić information content (AvgIpc) is 3.39. The number of carbonyl (C=O) groups is 1. The number of likely N-dealkylation sites (tertiary alicyclic amines) is 1. The number of amides is 1. The van der Waals surface area contributed by atoms with Gasteiger partial charge in [0.25, 0.3) is 5.91 Å². The van der Waals surface area contributed by atoms with Crippen molar-refractivity contribution in [1.82, 2.24) is 9.47 Å². The normalized spacial score (nSPS) is 14.5. The maximum atomic E-state index is 12.4. The number of aromatic nitrogens is 1. The molecule has 0 aliphatic carbocycles. The molecule has 1 N–H and O–H groups in total. The Morgan fingerprint density at radius 1 is 1.06 bits per heavy atom. The van der Waals surface area contributed by atoms with Gasteiger partial charge in [0.2, 0.25) is 5.88 Å². The third kappa shape index (κ3) is 4.39. The van der Waals surface area contributed by atoms with Crippen LogP contribution in [0.3, 0.4) is 0 Å². The SMILES string of the molecule is COc1ccc(CC(=O)N=Nc2c(O)n(CN3CCCC3)c3ccccc23)cc1OC. The van der Waals surface area contributed by atoms with Crippen molar-refractivity contribution in [3.63, 3.8) is 0 Å². The summed E-state index contributed by atoms with van der Waals surface area (Å²) in [7, 11) is 3.10. The van der Waals surface area contributed by atoms with Crippen LogP contribution in [-0.2, 0) is 17.9 Å². The van der Waals surface area contributed by atoms with Gasteiger partial charge >= 0.3 is 0 Å². The highest BCUT2D eigenvalue weighted by Crippen LogP contribution is 2.39. The second-order valence-corrected chi connectivity index (χ2v) is 7.54.